The number of pyridine rings is 2. The van der Waals surface area contributed by atoms with E-state index in [1.807, 2.05) is 35.5 Å². The third-order valence-electron chi connectivity index (χ3n) is 7.26. The van der Waals surface area contributed by atoms with Crippen LogP contribution in [-0.4, -0.2) is 62.8 Å². The Morgan fingerprint density at radius 3 is 2.70 bits per heavy atom. The van der Waals surface area contributed by atoms with Gasteiger partial charge < -0.3 is 10.2 Å². The normalized spacial score (nSPS) is 20.1. The monoisotopic (exact) mass is 499 g/mol. The van der Waals surface area contributed by atoms with Crippen LogP contribution >= 0.6 is 0 Å². The van der Waals surface area contributed by atoms with Crippen molar-refractivity contribution in [1.29, 1.82) is 0 Å². The lowest BCUT2D eigenvalue weighted by Crippen LogP contribution is -2.26. The Morgan fingerprint density at radius 1 is 1.08 bits per heavy atom. The van der Waals surface area contributed by atoms with Gasteiger partial charge in [0.15, 0.2) is 5.69 Å². The molecule has 6 rings (SSSR count). The molecule has 2 aliphatic rings. The van der Waals surface area contributed by atoms with Gasteiger partial charge in [-0.3, -0.25) is 19.8 Å². The van der Waals surface area contributed by atoms with E-state index in [-0.39, 0.29) is 5.91 Å². The number of carbonyl (C=O) groups excluding carboxylic acids is 1. The summed E-state index contributed by atoms with van der Waals surface area (Å²) in [5, 5.41) is 10.9. The number of likely N-dealkylation sites (tertiary alicyclic amines) is 1. The molecule has 5 heterocycles. The van der Waals surface area contributed by atoms with Crippen molar-refractivity contribution in [2.45, 2.75) is 38.4 Å². The van der Waals surface area contributed by atoms with Gasteiger partial charge >= 0.3 is 0 Å². The summed E-state index contributed by atoms with van der Waals surface area (Å²) in [5.74, 6) is 0.381. The molecule has 1 aromatic carbocycles. The average molecular weight is 500 g/mol. The predicted molar refractivity (Wildman–Crippen MR) is 142 cm³/mol. The number of fused-ring (bicyclic) bond motifs is 1. The molecule has 0 bridgehead atoms. The highest BCUT2D eigenvalue weighted by atomic mass is 19.1. The van der Waals surface area contributed by atoms with E-state index in [1.54, 1.807) is 25.3 Å². The maximum absolute atomic E-state index is 14.2. The van der Waals surface area contributed by atoms with Gasteiger partial charge in [-0.2, -0.15) is 5.10 Å². The number of nitrogens with zero attached hydrogens (tertiary/aromatic N) is 5. The number of amides is 1. The lowest BCUT2D eigenvalue weighted by molar-refractivity contribution is 0.102. The van der Waals surface area contributed by atoms with E-state index in [2.05, 4.69) is 36.4 Å². The van der Waals surface area contributed by atoms with Crippen LogP contribution in [0.2, 0.25) is 0 Å². The summed E-state index contributed by atoms with van der Waals surface area (Å²) in [5.41, 5.74) is 3.64. The van der Waals surface area contributed by atoms with Gasteiger partial charge in [0.25, 0.3) is 5.91 Å². The Bertz CT molecular complexity index is 1430. The summed E-state index contributed by atoms with van der Waals surface area (Å²) in [6.45, 7) is 5.74. The molecular formula is C28H30FN7O. The predicted octanol–water partition coefficient (Wildman–Crippen LogP) is 4.81. The zero-order chi connectivity index (χ0) is 25.4. The number of hydrogen-bond donors (Lipinski definition) is 2. The van der Waals surface area contributed by atoms with E-state index in [9.17, 15) is 9.18 Å². The van der Waals surface area contributed by atoms with Crippen LogP contribution in [0.4, 0.5) is 15.9 Å². The zero-order valence-corrected chi connectivity index (χ0v) is 20.9. The van der Waals surface area contributed by atoms with Gasteiger partial charge in [0, 0.05) is 42.9 Å². The number of H-pyrrole nitrogens is 1. The Kier molecular flexibility index (Phi) is 6.08. The van der Waals surface area contributed by atoms with Crippen LogP contribution in [0.5, 0.6) is 0 Å². The topological polar surface area (TPSA) is 90.0 Å². The van der Waals surface area contributed by atoms with Gasteiger partial charge in [-0.05, 0) is 74.3 Å². The quantitative estimate of drug-likeness (QED) is 0.396. The largest absolute Gasteiger partial charge is 0.353 e. The van der Waals surface area contributed by atoms with Crippen LogP contribution in [0.3, 0.4) is 0 Å². The molecule has 1 unspecified atom stereocenters. The van der Waals surface area contributed by atoms with Crippen molar-refractivity contribution in [2.24, 2.45) is 0 Å². The van der Waals surface area contributed by atoms with E-state index in [1.165, 1.54) is 18.4 Å². The zero-order valence-electron chi connectivity index (χ0n) is 20.9. The van der Waals surface area contributed by atoms with Crippen molar-refractivity contribution in [2.75, 3.05) is 36.4 Å². The van der Waals surface area contributed by atoms with Crippen molar-refractivity contribution in [3.05, 3.63) is 66.2 Å². The van der Waals surface area contributed by atoms with Crippen LogP contribution in [0, 0.1) is 0 Å². The van der Waals surface area contributed by atoms with E-state index in [4.69, 9.17) is 0 Å². The average Bonchev–Trinajstić information content (AvgIpc) is 3.64. The first kappa shape index (κ1) is 23.5. The molecule has 190 valence electrons. The number of aromatic nitrogens is 4. The van der Waals surface area contributed by atoms with Gasteiger partial charge in [0.2, 0.25) is 0 Å². The Hall–Kier alpha value is -3.85. The number of nitrogens with one attached hydrogen (secondary N) is 2. The molecule has 9 heteroatoms. The standard InChI is InChI=1S/C28H30FN7O/c1-28(29)8-11-36(18-28)25-7-5-22(16-31-25)32-27(37)26-23-13-20(4-6-24(23)33-34-26)21-12-19(14-30-15-21)17-35-9-2-3-10-35/h4-7,12-16H,2-3,8-11,17-18H2,1H3,(H,32,37)(H,33,34). The van der Waals surface area contributed by atoms with Gasteiger partial charge in [0.1, 0.15) is 11.5 Å². The highest BCUT2D eigenvalue weighted by molar-refractivity contribution is 6.11. The molecule has 3 aromatic heterocycles. The summed E-state index contributed by atoms with van der Waals surface area (Å²) in [7, 11) is 0. The molecule has 2 fully saturated rings. The first-order valence-electron chi connectivity index (χ1n) is 12.8. The fraction of sp³-hybridized carbons (Fsp3) is 0.357. The van der Waals surface area contributed by atoms with Crippen LogP contribution in [0.25, 0.3) is 22.0 Å². The second-order valence-electron chi connectivity index (χ2n) is 10.3. The molecule has 0 aliphatic carbocycles. The summed E-state index contributed by atoms with van der Waals surface area (Å²) < 4.78 is 14.2. The first-order valence-corrected chi connectivity index (χ1v) is 12.8. The van der Waals surface area contributed by atoms with Gasteiger partial charge in [-0.1, -0.05) is 6.07 Å². The number of hydrogen-bond acceptors (Lipinski definition) is 6. The van der Waals surface area contributed by atoms with Crippen molar-refractivity contribution < 1.29 is 9.18 Å². The molecule has 0 radical (unpaired) electrons. The Labute approximate surface area is 214 Å². The van der Waals surface area contributed by atoms with Crippen molar-refractivity contribution >= 4 is 28.3 Å². The molecular weight excluding hydrogens is 469 g/mol. The molecule has 0 spiro atoms. The van der Waals surface area contributed by atoms with Crippen LogP contribution in [0.15, 0.2) is 55.0 Å². The van der Waals surface area contributed by atoms with E-state index in [0.29, 0.717) is 36.7 Å². The third kappa shape index (κ3) is 5.04. The van der Waals surface area contributed by atoms with E-state index < -0.39 is 5.67 Å². The van der Waals surface area contributed by atoms with Crippen LogP contribution in [0.1, 0.15) is 42.2 Å². The lowest BCUT2D eigenvalue weighted by Gasteiger charge is -2.18. The minimum absolute atomic E-state index is 0.315. The molecule has 8 nitrogen and oxygen atoms in total. The lowest BCUT2D eigenvalue weighted by atomic mass is 10.0. The number of benzene rings is 1. The highest BCUT2D eigenvalue weighted by Crippen LogP contribution is 2.29. The molecule has 1 atom stereocenters. The summed E-state index contributed by atoms with van der Waals surface area (Å²) in [6.07, 6.45) is 8.38. The first-order chi connectivity index (χ1) is 17.9. The molecule has 37 heavy (non-hydrogen) atoms. The fourth-order valence-electron chi connectivity index (χ4n) is 5.25. The molecule has 0 saturated carbocycles. The van der Waals surface area contributed by atoms with E-state index in [0.717, 1.165) is 41.7 Å². The maximum atomic E-state index is 14.2. The summed E-state index contributed by atoms with van der Waals surface area (Å²) in [4.78, 5) is 26.4. The van der Waals surface area contributed by atoms with Gasteiger partial charge in [0.05, 0.1) is 23.9 Å². The summed E-state index contributed by atoms with van der Waals surface area (Å²) >= 11 is 0. The molecule has 2 saturated heterocycles. The van der Waals surface area contributed by atoms with Crippen LogP contribution in [-0.2, 0) is 6.54 Å². The number of aromatic amines is 1. The minimum atomic E-state index is -1.19. The highest BCUT2D eigenvalue weighted by Gasteiger charge is 2.34. The summed E-state index contributed by atoms with van der Waals surface area (Å²) in [6, 6.07) is 11.7. The number of carbonyl (C=O) groups is 1. The van der Waals surface area contributed by atoms with Crippen molar-refractivity contribution in [3.63, 3.8) is 0 Å². The fourth-order valence-corrected chi connectivity index (χ4v) is 5.25. The molecule has 1 amide bonds. The smallest absolute Gasteiger partial charge is 0.276 e. The number of rotatable bonds is 6. The molecule has 2 N–H and O–H groups in total. The third-order valence-corrected chi connectivity index (χ3v) is 7.26. The van der Waals surface area contributed by atoms with Crippen molar-refractivity contribution in [1.82, 2.24) is 25.1 Å². The molecule has 2 aliphatic heterocycles. The number of alkyl halides is 1. The van der Waals surface area contributed by atoms with Gasteiger partial charge in [-0.25, -0.2) is 9.37 Å². The van der Waals surface area contributed by atoms with E-state index >= 15 is 0 Å². The SMILES string of the molecule is CC1(F)CCN(c2ccc(NC(=O)c3n[nH]c4ccc(-c5cncc(CN6CCCC6)c5)cc34)cn2)C1. The minimum Gasteiger partial charge on any atom is -0.353 e. The van der Waals surface area contributed by atoms with Crippen LogP contribution < -0.4 is 10.2 Å². The Morgan fingerprint density at radius 2 is 1.95 bits per heavy atom. The Balaban J connectivity index is 1.19. The molecule has 4 aromatic rings. The number of anilines is 2. The second-order valence-corrected chi connectivity index (χ2v) is 10.3. The number of halogens is 1. The maximum Gasteiger partial charge on any atom is 0.276 e. The van der Waals surface area contributed by atoms with Crippen molar-refractivity contribution in [3.8, 4) is 11.1 Å². The second kappa shape index (κ2) is 9.55. The van der Waals surface area contributed by atoms with Gasteiger partial charge in [-0.15, -0.1) is 0 Å².